The topological polar surface area (TPSA) is 28.7 Å². The number of aromatic amines is 1. The predicted octanol–water partition coefficient (Wildman–Crippen LogP) is 3.40. The molecule has 0 saturated heterocycles. The van der Waals surface area contributed by atoms with E-state index >= 15 is 0 Å². The molecule has 0 radical (unpaired) electrons. The van der Waals surface area contributed by atoms with Crippen molar-refractivity contribution in [2.75, 3.05) is 0 Å². The Bertz CT molecular complexity index is 417. The minimum Gasteiger partial charge on any atom is -0.333 e. The summed E-state index contributed by atoms with van der Waals surface area (Å²) in [5.41, 5.74) is 3.56. The fraction of sp³-hybridized carbons (Fsp3) is 0.182. The number of benzene rings is 1. The van der Waals surface area contributed by atoms with Crippen LogP contribution in [0.4, 0.5) is 0 Å². The van der Waals surface area contributed by atoms with Crippen LogP contribution >= 0.6 is 15.9 Å². The van der Waals surface area contributed by atoms with Crippen LogP contribution in [0, 0.1) is 0 Å². The van der Waals surface area contributed by atoms with Crippen LogP contribution in [0.3, 0.4) is 0 Å². The highest BCUT2D eigenvalue weighted by Crippen LogP contribution is 2.19. The zero-order chi connectivity index (χ0) is 9.97. The van der Waals surface area contributed by atoms with E-state index in [0.29, 0.717) is 0 Å². The number of aryl methyl sites for hydroxylation is 1. The fourth-order valence-corrected chi connectivity index (χ4v) is 1.68. The normalized spacial score (nSPS) is 10.4. The molecule has 0 amide bonds. The van der Waals surface area contributed by atoms with Crippen LogP contribution in [-0.4, -0.2) is 9.97 Å². The average Bonchev–Trinajstić information content (AvgIpc) is 2.65. The van der Waals surface area contributed by atoms with Gasteiger partial charge in [0.1, 0.15) is 0 Å². The van der Waals surface area contributed by atoms with Gasteiger partial charge in [-0.15, -0.1) is 0 Å². The van der Waals surface area contributed by atoms with Crippen molar-refractivity contribution in [3.8, 4) is 11.3 Å². The maximum Gasteiger partial charge on any atom is 0.174 e. The van der Waals surface area contributed by atoms with E-state index in [-0.39, 0.29) is 0 Å². The van der Waals surface area contributed by atoms with Gasteiger partial charge < -0.3 is 4.98 Å². The quantitative estimate of drug-likeness (QED) is 0.870. The van der Waals surface area contributed by atoms with Crippen molar-refractivity contribution in [3.63, 3.8) is 0 Å². The second kappa shape index (κ2) is 3.96. The summed E-state index contributed by atoms with van der Waals surface area (Å²) in [6, 6.07) is 8.51. The summed E-state index contributed by atoms with van der Waals surface area (Å²) >= 11 is 3.29. The molecule has 3 heteroatoms. The molecule has 2 nitrogen and oxygen atoms in total. The Hall–Kier alpha value is -1.09. The first-order valence-corrected chi connectivity index (χ1v) is 5.38. The molecule has 0 bridgehead atoms. The SMILES string of the molecule is CCc1ccc(-c2cnc(Br)[nH]2)cc1. The van der Waals surface area contributed by atoms with E-state index in [1.165, 1.54) is 11.1 Å². The van der Waals surface area contributed by atoms with Gasteiger partial charge in [-0.25, -0.2) is 4.98 Å². The third kappa shape index (κ3) is 1.87. The highest BCUT2D eigenvalue weighted by molar-refractivity contribution is 9.10. The number of nitrogens with zero attached hydrogens (tertiary/aromatic N) is 1. The zero-order valence-electron chi connectivity index (χ0n) is 7.92. The Morgan fingerprint density at radius 3 is 2.50 bits per heavy atom. The molecule has 2 aromatic rings. The van der Waals surface area contributed by atoms with Crippen LogP contribution in [0.2, 0.25) is 0 Å². The van der Waals surface area contributed by atoms with E-state index in [2.05, 4.69) is 57.1 Å². The number of nitrogens with one attached hydrogen (secondary N) is 1. The fourth-order valence-electron chi connectivity index (χ4n) is 1.36. The van der Waals surface area contributed by atoms with Gasteiger partial charge in [-0.3, -0.25) is 0 Å². The van der Waals surface area contributed by atoms with Crippen LogP contribution in [0.5, 0.6) is 0 Å². The minimum atomic E-state index is 0.770. The molecule has 0 aliphatic rings. The van der Waals surface area contributed by atoms with Gasteiger partial charge in [0, 0.05) is 0 Å². The van der Waals surface area contributed by atoms with Crippen molar-refractivity contribution in [3.05, 3.63) is 40.8 Å². The number of hydrogen-bond acceptors (Lipinski definition) is 1. The summed E-state index contributed by atoms with van der Waals surface area (Å²) in [6.45, 7) is 2.15. The maximum absolute atomic E-state index is 4.10. The van der Waals surface area contributed by atoms with Crippen molar-refractivity contribution in [2.45, 2.75) is 13.3 Å². The van der Waals surface area contributed by atoms with E-state index in [1.807, 2.05) is 6.20 Å². The molecule has 0 unspecified atom stereocenters. The number of rotatable bonds is 2. The van der Waals surface area contributed by atoms with Gasteiger partial charge in [0.05, 0.1) is 11.9 Å². The van der Waals surface area contributed by atoms with E-state index < -0.39 is 0 Å². The molecule has 0 fully saturated rings. The summed E-state index contributed by atoms with van der Waals surface area (Å²) in [6.07, 6.45) is 2.90. The Morgan fingerprint density at radius 1 is 1.29 bits per heavy atom. The molecule has 1 heterocycles. The molecule has 0 atom stereocenters. The molecule has 1 N–H and O–H groups in total. The Kier molecular flexibility index (Phi) is 2.68. The Morgan fingerprint density at radius 2 is 2.00 bits per heavy atom. The summed E-state index contributed by atoms with van der Waals surface area (Å²) in [5, 5.41) is 0. The molecule has 0 aliphatic heterocycles. The monoisotopic (exact) mass is 250 g/mol. The molecular formula is C11H11BrN2. The third-order valence-corrected chi connectivity index (χ3v) is 2.62. The lowest BCUT2D eigenvalue weighted by Crippen LogP contribution is -1.81. The van der Waals surface area contributed by atoms with Gasteiger partial charge >= 0.3 is 0 Å². The van der Waals surface area contributed by atoms with Gasteiger partial charge in [-0.05, 0) is 33.5 Å². The lowest BCUT2D eigenvalue weighted by atomic mass is 10.1. The Balaban J connectivity index is 2.33. The Labute approximate surface area is 91.5 Å². The molecule has 2 rings (SSSR count). The second-order valence-electron chi connectivity index (χ2n) is 3.14. The smallest absolute Gasteiger partial charge is 0.174 e. The standard InChI is InChI=1S/C11H11BrN2/c1-2-8-3-5-9(6-4-8)10-7-13-11(12)14-10/h3-7H,2H2,1H3,(H,13,14). The van der Waals surface area contributed by atoms with Crippen molar-refractivity contribution >= 4 is 15.9 Å². The first-order valence-electron chi connectivity index (χ1n) is 4.59. The molecular weight excluding hydrogens is 240 g/mol. The number of hydrogen-bond donors (Lipinski definition) is 1. The molecule has 0 saturated carbocycles. The van der Waals surface area contributed by atoms with Gasteiger partial charge in [-0.1, -0.05) is 31.2 Å². The lowest BCUT2D eigenvalue weighted by molar-refractivity contribution is 1.14. The van der Waals surface area contributed by atoms with Crippen molar-refractivity contribution in [1.29, 1.82) is 0 Å². The van der Waals surface area contributed by atoms with Crippen molar-refractivity contribution in [1.82, 2.24) is 9.97 Å². The third-order valence-electron chi connectivity index (χ3n) is 2.22. The summed E-state index contributed by atoms with van der Waals surface area (Å²) in [4.78, 5) is 7.23. The highest BCUT2D eigenvalue weighted by Gasteiger charge is 2.00. The van der Waals surface area contributed by atoms with E-state index in [9.17, 15) is 0 Å². The van der Waals surface area contributed by atoms with Gasteiger partial charge in [0.15, 0.2) is 4.73 Å². The number of halogens is 1. The molecule has 1 aromatic heterocycles. The first kappa shape index (κ1) is 9.46. The van der Waals surface area contributed by atoms with E-state index in [1.54, 1.807) is 0 Å². The largest absolute Gasteiger partial charge is 0.333 e. The summed E-state index contributed by atoms with van der Waals surface area (Å²) in [5.74, 6) is 0. The first-order chi connectivity index (χ1) is 6.79. The van der Waals surface area contributed by atoms with Crippen LogP contribution in [0.15, 0.2) is 35.2 Å². The lowest BCUT2D eigenvalue weighted by Gasteiger charge is -1.99. The molecule has 0 spiro atoms. The molecule has 72 valence electrons. The van der Waals surface area contributed by atoms with Crippen LogP contribution in [0.1, 0.15) is 12.5 Å². The molecule has 0 aliphatic carbocycles. The zero-order valence-corrected chi connectivity index (χ0v) is 9.51. The van der Waals surface area contributed by atoms with Gasteiger partial charge in [0.2, 0.25) is 0 Å². The van der Waals surface area contributed by atoms with Gasteiger partial charge in [-0.2, -0.15) is 0 Å². The average molecular weight is 251 g/mol. The van der Waals surface area contributed by atoms with Gasteiger partial charge in [0.25, 0.3) is 0 Å². The highest BCUT2D eigenvalue weighted by atomic mass is 79.9. The predicted molar refractivity (Wildman–Crippen MR) is 61.1 cm³/mol. The minimum absolute atomic E-state index is 0.770. The van der Waals surface area contributed by atoms with Crippen molar-refractivity contribution < 1.29 is 0 Å². The summed E-state index contributed by atoms with van der Waals surface area (Å²) in [7, 11) is 0. The summed E-state index contributed by atoms with van der Waals surface area (Å²) < 4.78 is 0.770. The van der Waals surface area contributed by atoms with Crippen molar-refractivity contribution in [2.24, 2.45) is 0 Å². The number of H-pyrrole nitrogens is 1. The maximum atomic E-state index is 4.10. The van der Waals surface area contributed by atoms with Crippen LogP contribution < -0.4 is 0 Å². The van der Waals surface area contributed by atoms with E-state index in [0.717, 1.165) is 16.8 Å². The number of aromatic nitrogens is 2. The second-order valence-corrected chi connectivity index (χ2v) is 3.89. The molecule has 14 heavy (non-hydrogen) atoms. The van der Waals surface area contributed by atoms with Crippen LogP contribution in [-0.2, 0) is 6.42 Å². The van der Waals surface area contributed by atoms with E-state index in [4.69, 9.17) is 0 Å². The molecule has 1 aromatic carbocycles. The number of imidazole rings is 1. The van der Waals surface area contributed by atoms with Crippen LogP contribution in [0.25, 0.3) is 11.3 Å².